The average Bonchev–Trinajstić information content (AvgIpc) is 2.63. The van der Waals surface area contributed by atoms with Crippen LogP contribution in [-0.2, 0) is 4.79 Å². The van der Waals surface area contributed by atoms with E-state index in [-0.39, 0.29) is 36.3 Å². The maximum absolute atomic E-state index is 13.2. The van der Waals surface area contributed by atoms with Crippen molar-refractivity contribution in [3.8, 4) is 11.1 Å². The van der Waals surface area contributed by atoms with Crippen LogP contribution < -0.4 is 11.1 Å². The number of rotatable bonds is 4. The Labute approximate surface area is 169 Å². The summed E-state index contributed by atoms with van der Waals surface area (Å²) >= 11 is 0. The van der Waals surface area contributed by atoms with Gasteiger partial charge in [-0.25, -0.2) is 4.39 Å². The number of nitrogens with one attached hydrogen (secondary N) is 1. The Balaban J connectivity index is 0.00000182. The van der Waals surface area contributed by atoms with Gasteiger partial charge in [0.1, 0.15) is 5.82 Å². The number of amides is 1. The second-order valence-electron chi connectivity index (χ2n) is 5.42. The number of hydrogen-bond donors (Lipinski definition) is 2. The summed E-state index contributed by atoms with van der Waals surface area (Å²) in [5.41, 5.74) is 9.00. The van der Waals surface area contributed by atoms with Gasteiger partial charge in [0.25, 0.3) is 5.91 Å². The molecule has 7 heteroatoms. The van der Waals surface area contributed by atoms with Crippen LogP contribution in [-0.4, -0.2) is 10.9 Å². The second kappa shape index (κ2) is 10.3. The van der Waals surface area contributed by atoms with E-state index >= 15 is 0 Å². The number of carbonyl (C=O) groups excluding carboxylic acids is 1. The van der Waals surface area contributed by atoms with E-state index < -0.39 is 5.91 Å². The van der Waals surface area contributed by atoms with Gasteiger partial charge in [0, 0.05) is 18.1 Å². The van der Waals surface area contributed by atoms with Gasteiger partial charge in [-0.05, 0) is 59.2 Å². The molecule has 0 saturated heterocycles. The molecule has 140 valence electrons. The summed E-state index contributed by atoms with van der Waals surface area (Å²) in [6.07, 6.45) is 4.88. The molecular formula is C20H18Cl2FN3O. The Morgan fingerprint density at radius 2 is 1.59 bits per heavy atom. The largest absolute Gasteiger partial charge is 0.394 e. The van der Waals surface area contributed by atoms with Crippen LogP contribution in [0.1, 0.15) is 5.56 Å². The van der Waals surface area contributed by atoms with E-state index in [1.54, 1.807) is 36.7 Å². The number of anilines is 1. The topological polar surface area (TPSA) is 68.0 Å². The van der Waals surface area contributed by atoms with E-state index in [0.29, 0.717) is 11.3 Å². The molecule has 4 nitrogen and oxygen atoms in total. The molecule has 0 bridgehead atoms. The Morgan fingerprint density at radius 3 is 2.22 bits per heavy atom. The first kappa shape index (κ1) is 22.2. The Bertz CT molecular complexity index is 916. The highest BCUT2D eigenvalue weighted by Gasteiger charge is 2.07. The third kappa shape index (κ3) is 6.09. The van der Waals surface area contributed by atoms with Crippen molar-refractivity contribution in [3.63, 3.8) is 0 Å². The first-order valence-electron chi connectivity index (χ1n) is 7.66. The minimum absolute atomic E-state index is 0. The smallest absolute Gasteiger partial charge is 0.271 e. The number of carbonyl (C=O) groups is 1. The number of pyridine rings is 1. The maximum Gasteiger partial charge on any atom is 0.271 e. The molecule has 1 amide bonds. The van der Waals surface area contributed by atoms with Crippen molar-refractivity contribution in [2.75, 3.05) is 5.32 Å². The molecule has 2 aromatic carbocycles. The number of halogens is 3. The van der Waals surface area contributed by atoms with Gasteiger partial charge >= 0.3 is 0 Å². The van der Waals surface area contributed by atoms with Gasteiger partial charge in [-0.3, -0.25) is 9.78 Å². The highest BCUT2D eigenvalue weighted by atomic mass is 35.5. The lowest BCUT2D eigenvalue weighted by Crippen LogP contribution is -2.19. The van der Waals surface area contributed by atoms with Crippen LogP contribution >= 0.6 is 24.8 Å². The molecule has 0 aliphatic heterocycles. The second-order valence-corrected chi connectivity index (χ2v) is 5.42. The molecule has 1 heterocycles. The third-order valence-corrected chi connectivity index (χ3v) is 3.59. The molecule has 0 unspecified atom stereocenters. The molecule has 0 fully saturated rings. The third-order valence-electron chi connectivity index (χ3n) is 3.59. The minimum Gasteiger partial charge on any atom is -0.394 e. The van der Waals surface area contributed by atoms with Crippen molar-refractivity contribution in [1.82, 2.24) is 4.98 Å². The molecule has 0 radical (unpaired) electrons. The fraction of sp³-hybridized carbons (Fsp3) is 0. The SMILES string of the molecule is Cl.Cl.N/C(=C\c1cccc(F)c1)C(=O)Nc1ccc(-c2ccncc2)cc1. The van der Waals surface area contributed by atoms with Gasteiger partial charge in [-0.15, -0.1) is 24.8 Å². The molecule has 0 saturated carbocycles. The van der Waals surface area contributed by atoms with Gasteiger partial charge in [0.2, 0.25) is 0 Å². The van der Waals surface area contributed by atoms with Crippen molar-refractivity contribution in [3.05, 3.63) is 90.1 Å². The highest BCUT2D eigenvalue weighted by molar-refractivity contribution is 6.06. The van der Waals surface area contributed by atoms with E-state index in [1.165, 1.54) is 18.2 Å². The molecule has 0 aliphatic carbocycles. The zero-order valence-electron chi connectivity index (χ0n) is 14.1. The highest BCUT2D eigenvalue weighted by Crippen LogP contribution is 2.20. The van der Waals surface area contributed by atoms with Crippen LogP contribution in [0.5, 0.6) is 0 Å². The zero-order chi connectivity index (χ0) is 17.6. The van der Waals surface area contributed by atoms with E-state index in [2.05, 4.69) is 10.3 Å². The van der Waals surface area contributed by atoms with E-state index in [0.717, 1.165) is 11.1 Å². The minimum atomic E-state index is -0.444. The molecule has 3 rings (SSSR count). The summed E-state index contributed by atoms with van der Waals surface area (Å²) in [4.78, 5) is 16.1. The summed E-state index contributed by atoms with van der Waals surface area (Å²) in [7, 11) is 0. The number of aromatic nitrogens is 1. The monoisotopic (exact) mass is 405 g/mol. The Kier molecular flexibility index (Phi) is 8.45. The molecule has 0 spiro atoms. The van der Waals surface area contributed by atoms with Crippen molar-refractivity contribution < 1.29 is 9.18 Å². The van der Waals surface area contributed by atoms with Crippen molar-refractivity contribution in [2.24, 2.45) is 5.73 Å². The molecule has 27 heavy (non-hydrogen) atoms. The quantitative estimate of drug-likeness (QED) is 0.619. The molecule has 0 aliphatic rings. The Morgan fingerprint density at radius 1 is 0.963 bits per heavy atom. The number of nitrogens with zero attached hydrogens (tertiary/aromatic N) is 1. The molecule has 1 aromatic heterocycles. The maximum atomic E-state index is 13.2. The first-order valence-corrected chi connectivity index (χ1v) is 7.66. The van der Waals surface area contributed by atoms with Crippen molar-refractivity contribution in [1.29, 1.82) is 0 Å². The molecule has 3 aromatic rings. The fourth-order valence-electron chi connectivity index (χ4n) is 2.34. The average molecular weight is 406 g/mol. The van der Waals surface area contributed by atoms with Gasteiger partial charge in [0.05, 0.1) is 5.70 Å². The molecule has 3 N–H and O–H groups in total. The van der Waals surface area contributed by atoms with Gasteiger partial charge < -0.3 is 11.1 Å². The number of hydrogen-bond acceptors (Lipinski definition) is 3. The van der Waals surface area contributed by atoms with Crippen LogP contribution in [0.2, 0.25) is 0 Å². The van der Waals surface area contributed by atoms with Crippen molar-refractivity contribution >= 4 is 42.5 Å². The normalized spacial score (nSPS) is 10.3. The summed E-state index contributed by atoms with van der Waals surface area (Å²) in [5, 5.41) is 2.72. The van der Waals surface area contributed by atoms with E-state index in [1.807, 2.05) is 24.3 Å². The van der Waals surface area contributed by atoms with Crippen LogP contribution in [0, 0.1) is 5.82 Å². The lowest BCUT2D eigenvalue weighted by Gasteiger charge is -2.07. The summed E-state index contributed by atoms with van der Waals surface area (Å²) in [5.74, 6) is -0.824. The standard InChI is InChI=1S/C20H16FN3O.2ClH/c21-17-3-1-2-14(12-17)13-19(22)20(25)24-18-6-4-15(5-7-18)16-8-10-23-11-9-16;;/h1-13H,22H2,(H,24,25);2*1H/b19-13-;;. The van der Waals surface area contributed by atoms with Crippen LogP contribution in [0.4, 0.5) is 10.1 Å². The number of nitrogens with two attached hydrogens (primary N) is 1. The van der Waals surface area contributed by atoms with Crippen LogP contribution in [0.3, 0.4) is 0 Å². The zero-order valence-corrected chi connectivity index (χ0v) is 15.8. The molecular weight excluding hydrogens is 388 g/mol. The lowest BCUT2D eigenvalue weighted by molar-refractivity contribution is -0.112. The predicted octanol–water partition coefficient (Wildman–Crippen LogP) is 4.67. The van der Waals surface area contributed by atoms with Crippen LogP contribution in [0.25, 0.3) is 17.2 Å². The number of benzene rings is 2. The summed E-state index contributed by atoms with van der Waals surface area (Å²) in [6, 6.07) is 17.1. The van der Waals surface area contributed by atoms with Crippen LogP contribution in [0.15, 0.2) is 78.8 Å². The van der Waals surface area contributed by atoms with Gasteiger partial charge in [-0.2, -0.15) is 0 Å². The summed E-state index contributed by atoms with van der Waals surface area (Å²) < 4.78 is 13.2. The Hall–Kier alpha value is -2.89. The predicted molar refractivity (Wildman–Crippen MR) is 111 cm³/mol. The van der Waals surface area contributed by atoms with E-state index in [9.17, 15) is 9.18 Å². The fourth-order valence-corrected chi connectivity index (χ4v) is 2.34. The first-order chi connectivity index (χ1) is 12.1. The molecule has 0 atom stereocenters. The lowest BCUT2D eigenvalue weighted by atomic mass is 10.1. The summed E-state index contributed by atoms with van der Waals surface area (Å²) in [6.45, 7) is 0. The van der Waals surface area contributed by atoms with Gasteiger partial charge in [-0.1, -0.05) is 24.3 Å². The van der Waals surface area contributed by atoms with Crippen molar-refractivity contribution in [2.45, 2.75) is 0 Å². The van der Waals surface area contributed by atoms with Gasteiger partial charge in [0.15, 0.2) is 0 Å². The van der Waals surface area contributed by atoms with E-state index in [4.69, 9.17) is 5.73 Å².